The summed E-state index contributed by atoms with van der Waals surface area (Å²) >= 11 is 1.40. The van der Waals surface area contributed by atoms with E-state index in [1.165, 1.54) is 11.3 Å². The highest BCUT2D eigenvalue weighted by molar-refractivity contribution is 7.15. The Balaban J connectivity index is 2.20. The van der Waals surface area contributed by atoms with Crippen molar-refractivity contribution in [3.05, 3.63) is 23.2 Å². The lowest BCUT2D eigenvalue weighted by Gasteiger charge is -2.12. The third kappa shape index (κ3) is 3.75. The number of aromatic nitrogens is 2. The van der Waals surface area contributed by atoms with E-state index in [1.54, 1.807) is 12.1 Å². The van der Waals surface area contributed by atoms with Gasteiger partial charge in [0.2, 0.25) is 0 Å². The lowest BCUT2D eigenvalue weighted by atomic mass is 9.98. The maximum absolute atomic E-state index is 9.94. The van der Waals surface area contributed by atoms with Gasteiger partial charge in [0, 0.05) is 31.3 Å². The molecule has 0 fully saturated rings. The fourth-order valence-corrected chi connectivity index (χ4v) is 2.25. The maximum atomic E-state index is 9.94. The fourth-order valence-electron chi connectivity index (χ4n) is 1.53. The van der Waals surface area contributed by atoms with E-state index in [0.29, 0.717) is 10.8 Å². The summed E-state index contributed by atoms with van der Waals surface area (Å²) in [4.78, 5) is 1.90. The molecule has 0 aliphatic carbocycles. The van der Waals surface area contributed by atoms with E-state index in [4.69, 9.17) is 0 Å². The first-order chi connectivity index (χ1) is 9.77. The molecule has 6 nitrogen and oxygen atoms in total. The van der Waals surface area contributed by atoms with E-state index < -0.39 is 0 Å². The Hall–Kier alpha value is -2.02. The Morgan fingerprint density at radius 2 is 1.86 bits per heavy atom. The second-order valence-corrected chi connectivity index (χ2v) is 6.86. The fraction of sp³-hybridized carbons (Fsp3) is 0.429. The molecule has 0 spiro atoms. The van der Waals surface area contributed by atoms with Crippen molar-refractivity contribution in [2.75, 3.05) is 19.0 Å². The van der Waals surface area contributed by atoms with Gasteiger partial charge < -0.3 is 10.0 Å². The Labute approximate surface area is 128 Å². The van der Waals surface area contributed by atoms with Crippen LogP contribution in [0.1, 0.15) is 25.8 Å². The number of aromatic hydroxyl groups is 1. The van der Waals surface area contributed by atoms with Gasteiger partial charge in [0.05, 0.1) is 0 Å². The van der Waals surface area contributed by atoms with Gasteiger partial charge in [-0.3, -0.25) is 0 Å². The highest BCUT2D eigenvalue weighted by atomic mass is 32.1. The summed E-state index contributed by atoms with van der Waals surface area (Å²) in [5, 5.41) is 27.5. The number of hydrogen-bond acceptors (Lipinski definition) is 7. The van der Waals surface area contributed by atoms with Crippen molar-refractivity contribution < 1.29 is 5.11 Å². The number of nitrogens with zero attached hydrogens (tertiary/aromatic N) is 5. The molecule has 0 aliphatic heterocycles. The van der Waals surface area contributed by atoms with Crippen molar-refractivity contribution in [1.29, 1.82) is 0 Å². The molecule has 2 aromatic rings. The van der Waals surface area contributed by atoms with Crippen LogP contribution in [0.25, 0.3) is 0 Å². The minimum atomic E-state index is -0.0546. The van der Waals surface area contributed by atoms with Crippen LogP contribution in [0.15, 0.2) is 28.4 Å². The topological polar surface area (TPSA) is 74.0 Å². The zero-order chi connectivity index (χ0) is 15.6. The predicted molar refractivity (Wildman–Crippen MR) is 85.2 cm³/mol. The van der Waals surface area contributed by atoms with Crippen LogP contribution in [0.5, 0.6) is 5.75 Å². The van der Waals surface area contributed by atoms with E-state index >= 15 is 0 Å². The van der Waals surface area contributed by atoms with Crippen molar-refractivity contribution in [3.8, 4) is 5.75 Å². The van der Waals surface area contributed by atoms with Crippen LogP contribution in [0.2, 0.25) is 0 Å². The molecule has 7 heteroatoms. The van der Waals surface area contributed by atoms with E-state index in [2.05, 4.69) is 41.2 Å². The molecule has 0 atom stereocenters. The first-order valence-electron chi connectivity index (χ1n) is 6.53. The monoisotopic (exact) mass is 305 g/mol. The van der Waals surface area contributed by atoms with Gasteiger partial charge in [0.25, 0.3) is 5.13 Å². The maximum Gasteiger partial charge on any atom is 0.251 e. The molecule has 0 amide bonds. The molecule has 0 saturated carbocycles. The van der Waals surface area contributed by atoms with Gasteiger partial charge >= 0.3 is 0 Å². The number of rotatable bonds is 3. The van der Waals surface area contributed by atoms with Crippen LogP contribution in [0, 0.1) is 0 Å². The van der Waals surface area contributed by atoms with Crippen LogP contribution in [0.4, 0.5) is 16.5 Å². The molecule has 1 aromatic carbocycles. The second-order valence-electron chi connectivity index (χ2n) is 5.91. The SMILES string of the molecule is CN(C)c1ccc(N=Nc2nnc(C(C)(C)C)s2)c(O)c1. The van der Waals surface area contributed by atoms with Crippen LogP contribution in [-0.2, 0) is 5.41 Å². The molecule has 0 bridgehead atoms. The van der Waals surface area contributed by atoms with Gasteiger partial charge in [-0.2, -0.15) is 0 Å². The molecule has 21 heavy (non-hydrogen) atoms. The average Bonchev–Trinajstić information content (AvgIpc) is 2.85. The first kappa shape index (κ1) is 15.4. The lowest BCUT2D eigenvalue weighted by Crippen LogP contribution is -2.10. The average molecular weight is 305 g/mol. The Morgan fingerprint density at radius 1 is 1.14 bits per heavy atom. The minimum Gasteiger partial charge on any atom is -0.506 e. The van der Waals surface area contributed by atoms with E-state index in [9.17, 15) is 5.11 Å². The van der Waals surface area contributed by atoms with Crippen molar-refractivity contribution in [3.63, 3.8) is 0 Å². The number of phenolic OH excluding ortho intramolecular Hbond substituents is 1. The van der Waals surface area contributed by atoms with Crippen LogP contribution >= 0.6 is 11.3 Å². The Bertz CT molecular complexity index is 658. The molecule has 0 aliphatic rings. The summed E-state index contributed by atoms with van der Waals surface area (Å²) < 4.78 is 0. The van der Waals surface area contributed by atoms with Crippen molar-refractivity contribution in [1.82, 2.24) is 10.2 Å². The summed E-state index contributed by atoms with van der Waals surface area (Å²) in [6.45, 7) is 6.21. The van der Waals surface area contributed by atoms with Crippen LogP contribution in [-0.4, -0.2) is 29.4 Å². The molecule has 0 saturated heterocycles. The minimum absolute atomic E-state index is 0.0546. The first-order valence-corrected chi connectivity index (χ1v) is 7.35. The molecule has 1 aromatic heterocycles. The summed E-state index contributed by atoms with van der Waals surface area (Å²) in [5.74, 6) is 0.0884. The van der Waals surface area contributed by atoms with Crippen molar-refractivity contribution in [2.24, 2.45) is 10.2 Å². The molecule has 1 N–H and O–H groups in total. The molecular weight excluding hydrogens is 286 g/mol. The Kier molecular flexibility index (Phi) is 4.22. The van der Waals surface area contributed by atoms with E-state index in [0.717, 1.165) is 10.7 Å². The quantitative estimate of drug-likeness (QED) is 0.869. The largest absolute Gasteiger partial charge is 0.506 e. The van der Waals surface area contributed by atoms with E-state index in [-0.39, 0.29) is 11.2 Å². The summed E-state index contributed by atoms with van der Waals surface area (Å²) in [7, 11) is 3.82. The van der Waals surface area contributed by atoms with Crippen molar-refractivity contribution >= 4 is 27.8 Å². The smallest absolute Gasteiger partial charge is 0.251 e. The number of benzene rings is 1. The third-order valence-corrected chi connectivity index (χ3v) is 4.01. The van der Waals surface area contributed by atoms with Crippen LogP contribution < -0.4 is 4.90 Å². The molecule has 2 rings (SSSR count). The zero-order valence-corrected chi connectivity index (χ0v) is 13.6. The van der Waals surface area contributed by atoms with Gasteiger partial charge in [-0.1, -0.05) is 32.1 Å². The van der Waals surface area contributed by atoms with Gasteiger partial charge in [-0.05, 0) is 12.1 Å². The normalized spacial score (nSPS) is 12.0. The number of hydrogen-bond donors (Lipinski definition) is 1. The predicted octanol–water partition coefficient (Wildman–Crippen LogP) is 4.02. The Morgan fingerprint density at radius 3 is 2.38 bits per heavy atom. The summed E-state index contributed by atoms with van der Waals surface area (Å²) in [6, 6.07) is 5.24. The molecule has 0 radical (unpaired) electrons. The van der Waals surface area contributed by atoms with Gasteiger partial charge in [0.15, 0.2) is 0 Å². The highest BCUT2D eigenvalue weighted by Crippen LogP contribution is 2.33. The third-order valence-electron chi connectivity index (χ3n) is 2.77. The zero-order valence-electron chi connectivity index (χ0n) is 12.8. The molecule has 1 heterocycles. The van der Waals surface area contributed by atoms with Gasteiger partial charge in [0.1, 0.15) is 16.4 Å². The number of anilines is 1. The number of azo groups is 1. The molecule has 112 valence electrons. The molecule has 0 unspecified atom stereocenters. The highest BCUT2D eigenvalue weighted by Gasteiger charge is 2.19. The van der Waals surface area contributed by atoms with E-state index in [1.807, 2.05) is 25.1 Å². The molecular formula is C14H19N5OS. The van der Waals surface area contributed by atoms with Gasteiger partial charge in [-0.15, -0.1) is 20.4 Å². The summed E-state index contributed by atoms with van der Waals surface area (Å²) in [6.07, 6.45) is 0. The van der Waals surface area contributed by atoms with Crippen LogP contribution in [0.3, 0.4) is 0 Å². The standard InChI is InChI=1S/C14H19N5OS/c1-14(2,3)12-16-18-13(21-12)17-15-10-7-6-9(19(4)5)8-11(10)20/h6-8,20H,1-5H3. The second kappa shape index (κ2) is 5.77. The van der Waals surface area contributed by atoms with Crippen molar-refractivity contribution in [2.45, 2.75) is 26.2 Å². The lowest BCUT2D eigenvalue weighted by molar-refractivity contribution is 0.476. The number of phenols is 1. The summed E-state index contributed by atoms with van der Waals surface area (Å²) in [5.41, 5.74) is 1.26. The van der Waals surface area contributed by atoms with Gasteiger partial charge in [-0.25, -0.2) is 0 Å².